The van der Waals surface area contributed by atoms with Gasteiger partial charge in [0, 0.05) is 16.0 Å². The number of hydrogen-bond acceptors (Lipinski definition) is 5. The molecule has 0 aliphatic carbocycles. The molecular weight excluding hydrogens is 418 g/mol. The summed E-state index contributed by atoms with van der Waals surface area (Å²) in [6.07, 6.45) is 0.942. The zero-order chi connectivity index (χ0) is 21.8. The Balaban J connectivity index is 1.96. The molecule has 1 aromatic heterocycles. The molecule has 0 atom stereocenters. The molecule has 0 radical (unpaired) electrons. The van der Waals surface area contributed by atoms with E-state index in [0.29, 0.717) is 17.0 Å². The Hall–Kier alpha value is -2.57. The predicted molar refractivity (Wildman–Crippen MR) is 123 cm³/mol. The van der Waals surface area contributed by atoms with Gasteiger partial charge in [0.2, 0.25) is 5.95 Å². The molecule has 3 rings (SSSR count). The number of benzene rings is 2. The van der Waals surface area contributed by atoms with Gasteiger partial charge in [0.1, 0.15) is 5.15 Å². The fraction of sp³-hybridized carbons (Fsp3) is 0.261. The summed E-state index contributed by atoms with van der Waals surface area (Å²) in [5.41, 5.74) is 5.33. The summed E-state index contributed by atoms with van der Waals surface area (Å²) < 4.78 is 3.10. The number of halogens is 1. The Morgan fingerprint density at radius 1 is 1.17 bits per heavy atom. The van der Waals surface area contributed by atoms with E-state index in [0.717, 1.165) is 33.7 Å². The molecule has 1 heterocycles. The summed E-state index contributed by atoms with van der Waals surface area (Å²) in [6, 6.07) is 13.0. The number of rotatable bonds is 7. The van der Waals surface area contributed by atoms with Crippen molar-refractivity contribution in [2.75, 3.05) is 4.72 Å². The predicted octanol–water partition coefficient (Wildman–Crippen LogP) is 6.43. The lowest BCUT2D eigenvalue weighted by atomic mass is 9.91. The van der Waals surface area contributed by atoms with Crippen molar-refractivity contribution in [2.45, 2.75) is 39.0 Å². The van der Waals surface area contributed by atoms with Gasteiger partial charge in [0.05, 0.1) is 11.3 Å². The molecular formula is C23H24ClN3O2S. The molecule has 2 aromatic carbocycles. The highest BCUT2D eigenvalue weighted by atomic mass is 35.5. The molecule has 0 aliphatic rings. The zero-order valence-electron chi connectivity index (χ0n) is 17.4. The number of hydrogen-bond donors (Lipinski definition) is 2. The third kappa shape index (κ3) is 5.12. The van der Waals surface area contributed by atoms with Crippen LogP contribution >= 0.6 is 23.5 Å². The van der Waals surface area contributed by atoms with E-state index in [4.69, 9.17) is 21.7 Å². The maximum Gasteiger partial charge on any atom is 0.335 e. The van der Waals surface area contributed by atoms with Crippen LogP contribution in [-0.2, 0) is 6.42 Å². The van der Waals surface area contributed by atoms with Gasteiger partial charge in [-0.1, -0.05) is 49.7 Å². The number of carboxylic acid groups (broad SMARTS) is 1. The van der Waals surface area contributed by atoms with Crippen LogP contribution in [0.15, 0.2) is 47.4 Å². The van der Waals surface area contributed by atoms with Crippen molar-refractivity contribution in [3.63, 3.8) is 0 Å². The van der Waals surface area contributed by atoms with E-state index in [-0.39, 0.29) is 5.56 Å². The van der Waals surface area contributed by atoms with Crippen molar-refractivity contribution >= 4 is 35.5 Å². The van der Waals surface area contributed by atoms with E-state index in [1.165, 1.54) is 17.5 Å². The molecule has 30 heavy (non-hydrogen) atoms. The monoisotopic (exact) mass is 441 g/mol. The highest BCUT2D eigenvalue weighted by molar-refractivity contribution is 8.00. The van der Waals surface area contributed by atoms with Crippen LogP contribution in [0.2, 0.25) is 5.15 Å². The van der Waals surface area contributed by atoms with Crippen molar-refractivity contribution in [3.05, 3.63) is 69.9 Å². The van der Waals surface area contributed by atoms with Crippen LogP contribution in [0.3, 0.4) is 0 Å². The summed E-state index contributed by atoms with van der Waals surface area (Å²) in [5, 5.41) is 9.56. The molecule has 0 bridgehead atoms. The Morgan fingerprint density at radius 2 is 1.90 bits per heavy atom. The molecule has 0 aliphatic heterocycles. The maximum absolute atomic E-state index is 11.2. The second-order valence-electron chi connectivity index (χ2n) is 7.56. The molecule has 0 unspecified atom stereocenters. The van der Waals surface area contributed by atoms with Crippen molar-refractivity contribution in [3.8, 4) is 11.3 Å². The second-order valence-corrected chi connectivity index (χ2v) is 8.79. The minimum atomic E-state index is -0.966. The molecule has 0 amide bonds. The quantitative estimate of drug-likeness (QED) is 0.325. The Bertz CT molecular complexity index is 1090. The first-order chi connectivity index (χ1) is 14.3. The minimum Gasteiger partial charge on any atom is -0.478 e. The van der Waals surface area contributed by atoms with Crippen LogP contribution in [0.1, 0.15) is 40.9 Å². The molecule has 2 N–H and O–H groups in total. The number of aryl methyl sites for hydroxylation is 1. The summed E-state index contributed by atoms with van der Waals surface area (Å²) in [4.78, 5) is 21.0. The maximum atomic E-state index is 11.2. The van der Waals surface area contributed by atoms with Crippen LogP contribution in [0.25, 0.3) is 11.3 Å². The van der Waals surface area contributed by atoms with Gasteiger partial charge in [-0.3, -0.25) is 4.72 Å². The first-order valence-electron chi connectivity index (χ1n) is 9.65. The van der Waals surface area contributed by atoms with Gasteiger partial charge in [0.25, 0.3) is 0 Å². The fourth-order valence-electron chi connectivity index (χ4n) is 3.25. The average Bonchev–Trinajstić information content (AvgIpc) is 2.69. The van der Waals surface area contributed by atoms with Gasteiger partial charge >= 0.3 is 5.97 Å². The number of anilines is 1. The van der Waals surface area contributed by atoms with Crippen LogP contribution < -0.4 is 4.72 Å². The number of carboxylic acids is 1. The number of carbonyl (C=O) groups is 1. The fourth-order valence-corrected chi connectivity index (χ4v) is 4.06. The van der Waals surface area contributed by atoms with Gasteiger partial charge in [0.15, 0.2) is 0 Å². The summed E-state index contributed by atoms with van der Waals surface area (Å²) in [7, 11) is 0. The van der Waals surface area contributed by atoms with Crippen molar-refractivity contribution in [1.29, 1.82) is 0 Å². The van der Waals surface area contributed by atoms with Crippen LogP contribution in [0.5, 0.6) is 0 Å². The zero-order valence-corrected chi connectivity index (χ0v) is 18.9. The molecule has 5 nitrogen and oxygen atoms in total. The van der Waals surface area contributed by atoms with Crippen molar-refractivity contribution < 1.29 is 9.90 Å². The van der Waals surface area contributed by atoms with E-state index in [1.807, 2.05) is 13.0 Å². The Kier molecular flexibility index (Phi) is 7.00. The first-order valence-corrected chi connectivity index (χ1v) is 10.8. The van der Waals surface area contributed by atoms with Crippen LogP contribution in [0, 0.1) is 19.8 Å². The van der Waals surface area contributed by atoms with E-state index in [2.05, 4.69) is 48.7 Å². The number of nitrogens with zero attached hydrogens (tertiary/aromatic N) is 2. The van der Waals surface area contributed by atoms with Crippen LogP contribution in [-0.4, -0.2) is 21.0 Å². The lowest BCUT2D eigenvalue weighted by Crippen LogP contribution is -2.04. The van der Waals surface area contributed by atoms with E-state index in [9.17, 15) is 4.79 Å². The lowest BCUT2D eigenvalue weighted by molar-refractivity contribution is 0.0696. The molecule has 7 heteroatoms. The smallest absolute Gasteiger partial charge is 0.335 e. The third-order valence-electron chi connectivity index (χ3n) is 4.65. The van der Waals surface area contributed by atoms with E-state index in [1.54, 1.807) is 18.2 Å². The van der Waals surface area contributed by atoms with Crippen molar-refractivity contribution in [1.82, 2.24) is 9.97 Å². The highest BCUT2D eigenvalue weighted by Gasteiger charge is 2.17. The number of aromatic nitrogens is 2. The Labute approximate surface area is 186 Å². The van der Waals surface area contributed by atoms with Gasteiger partial charge < -0.3 is 5.11 Å². The van der Waals surface area contributed by atoms with Gasteiger partial charge in [-0.2, -0.15) is 0 Å². The van der Waals surface area contributed by atoms with Gasteiger partial charge in [-0.05, 0) is 67.5 Å². The van der Waals surface area contributed by atoms with E-state index >= 15 is 0 Å². The standard InChI is InChI=1S/C23H24ClN3O2S/c1-13(2)11-16-8-5-7-14(3)19(16)20-15(4)21(24)26-23(25-20)27-30-18-10-6-9-17(12-18)22(28)29/h5-10,12-13H,11H2,1-4H3,(H,28,29)(H,25,26,27). The Morgan fingerprint density at radius 3 is 2.60 bits per heavy atom. The molecule has 3 aromatic rings. The molecule has 156 valence electrons. The third-order valence-corrected chi connectivity index (χ3v) is 5.79. The van der Waals surface area contributed by atoms with Crippen molar-refractivity contribution in [2.24, 2.45) is 5.92 Å². The first kappa shape index (κ1) is 22.1. The van der Waals surface area contributed by atoms with Gasteiger partial charge in [-0.15, -0.1) is 0 Å². The topological polar surface area (TPSA) is 75.1 Å². The highest BCUT2D eigenvalue weighted by Crippen LogP contribution is 2.34. The van der Waals surface area contributed by atoms with Crippen LogP contribution in [0.4, 0.5) is 5.95 Å². The van der Waals surface area contributed by atoms with Gasteiger partial charge in [-0.25, -0.2) is 14.8 Å². The summed E-state index contributed by atoms with van der Waals surface area (Å²) >= 11 is 7.70. The average molecular weight is 442 g/mol. The molecule has 0 spiro atoms. The normalized spacial score (nSPS) is 11.0. The lowest BCUT2D eigenvalue weighted by Gasteiger charge is -2.17. The van der Waals surface area contributed by atoms with E-state index < -0.39 is 5.97 Å². The summed E-state index contributed by atoms with van der Waals surface area (Å²) in [6.45, 7) is 8.39. The second kappa shape index (κ2) is 9.49. The largest absolute Gasteiger partial charge is 0.478 e. The molecule has 0 saturated heterocycles. The number of nitrogens with one attached hydrogen (secondary N) is 1. The SMILES string of the molecule is Cc1cccc(CC(C)C)c1-c1nc(NSc2cccc(C(=O)O)c2)nc(Cl)c1C. The minimum absolute atomic E-state index is 0.226. The molecule has 0 saturated carbocycles. The molecule has 0 fully saturated rings. The summed E-state index contributed by atoms with van der Waals surface area (Å²) in [5.74, 6) is -0.0745. The number of aromatic carboxylic acids is 1.